The van der Waals surface area contributed by atoms with E-state index in [0.717, 1.165) is 4.57 Å². The highest BCUT2D eigenvalue weighted by atomic mass is 19.1. The number of anilines is 1. The third-order valence-corrected chi connectivity index (χ3v) is 5.39. The predicted molar refractivity (Wildman–Crippen MR) is 122 cm³/mol. The van der Waals surface area contributed by atoms with Crippen LogP contribution < -0.4 is 10.5 Å². The molecule has 1 aromatic carbocycles. The molecule has 0 unspecified atom stereocenters. The van der Waals surface area contributed by atoms with Gasteiger partial charge in [-0.25, -0.2) is 19.2 Å². The molecule has 4 rings (SSSR count). The Kier molecular flexibility index (Phi) is 5.69. The third kappa shape index (κ3) is 4.33. The average molecular weight is 455 g/mol. The van der Waals surface area contributed by atoms with Crippen LogP contribution in [-0.2, 0) is 4.74 Å². The van der Waals surface area contributed by atoms with E-state index in [4.69, 9.17) is 4.74 Å². The molecule has 0 saturated carbocycles. The molecule has 3 heterocycles. The summed E-state index contributed by atoms with van der Waals surface area (Å²) in [5, 5.41) is 10.7. The molecule has 9 nitrogen and oxygen atoms in total. The van der Waals surface area contributed by atoms with Crippen molar-refractivity contribution in [3.05, 3.63) is 52.5 Å². The summed E-state index contributed by atoms with van der Waals surface area (Å²) in [4.78, 5) is 37.8. The van der Waals surface area contributed by atoms with Crippen LogP contribution in [0.2, 0.25) is 0 Å². The lowest BCUT2D eigenvalue weighted by atomic mass is 10.2. The number of nitrogens with zero attached hydrogens (tertiary/aromatic N) is 5. The van der Waals surface area contributed by atoms with Gasteiger partial charge in [0.05, 0.1) is 5.39 Å². The summed E-state index contributed by atoms with van der Waals surface area (Å²) in [6, 6.07) is 5.58. The van der Waals surface area contributed by atoms with Gasteiger partial charge in [0.2, 0.25) is 0 Å². The molecule has 1 aliphatic rings. The van der Waals surface area contributed by atoms with E-state index in [1.807, 2.05) is 25.7 Å². The second-order valence-electron chi connectivity index (χ2n) is 8.95. The zero-order chi connectivity index (χ0) is 23.9. The summed E-state index contributed by atoms with van der Waals surface area (Å²) in [7, 11) is 0. The van der Waals surface area contributed by atoms with Crippen LogP contribution in [0, 0.1) is 12.7 Å². The summed E-state index contributed by atoms with van der Waals surface area (Å²) in [5.41, 5.74) is -0.796. The molecular formula is C23H26FN5O4. The number of phenolic OH excluding ortho intramolecular Hbond substituents is 1. The van der Waals surface area contributed by atoms with Crippen LogP contribution in [0.5, 0.6) is 5.75 Å². The van der Waals surface area contributed by atoms with Crippen LogP contribution in [-0.4, -0.2) is 62.4 Å². The van der Waals surface area contributed by atoms with Gasteiger partial charge in [-0.2, -0.15) is 0 Å². The number of halogens is 1. The molecule has 0 aliphatic carbocycles. The number of amides is 1. The highest BCUT2D eigenvalue weighted by Gasteiger charge is 2.27. The van der Waals surface area contributed by atoms with Gasteiger partial charge < -0.3 is 19.6 Å². The van der Waals surface area contributed by atoms with E-state index in [1.54, 1.807) is 17.9 Å². The van der Waals surface area contributed by atoms with Crippen LogP contribution in [0.4, 0.5) is 15.0 Å². The van der Waals surface area contributed by atoms with Crippen molar-refractivity contribution in [1.82, 2.24) is 19.4 Å². The maximum Gasteiger partial charge on any atom is 0.410 e. The minimum Gasteiger partial charge on any atom is -0.506 e. The first-order chi connectivity index (χ1) is 15.6. The maximum atomic E-state index is 14.5. The number of hydrogen-bond donors (Lipinski definition) is 1. The molecule has 1 aliphatic heterocycles. The van der Waals surface area contributed by atoms with Gasteiger partial charge in [0, 0.05) is 31.9 Å². The Labute approximate surface area is 190 Å². The molecule has 174 valence electrons. The van der Waals surface area contributed by atoms with Crippen molar-refractivity contribution in [2.45, 2.75) is 33.3 Å². The molecule has 2 aromatic heterocycles. The van der Waals surface area contributed by atoms with Gasteiger partial charge in [0.1, 0.15) is 34.7 Å². The van der Waals surface area contributed by atoms with E-state index in [0.29, 0.717) is 43.1 Å². The zero-order valence-electron chi connectivity index (χ0n) is 19.0. The summed E-state index contributed by atoms with van der Waals surface area (Å²) in [5.74, 6) is -0.492. The van der Waals surface area contributed by atoms with Gasteiger partial charge in [-0.3, -0.25) is 9.36 Å². The van der Waals surface area contributed by atoms with Crippen molar-refractivity contribution in [2.24, 2.45) is 0 Å². The number of carbonyl (C=O) groups is 1. The van der Waals surface area contributed by atoms with Crippen LogP contribution in [0.3, 0.4) is 0 Å². The molecule has 0 spiro atoms. The smallest absolute Gasteiger partial charge is 0.410 e. The second kappa shape index (κ2) is 8.34. The standard InChI is InChI=1S/C23H26FN5O4/c1-14-12-15-18(21(31)29(14)19-16(24)6-5-7-17(19)30)25-13-26-20(15)27-8-10-28(11-9-27)22(32)33-23(2,3)4/h5-7,12-13,30H,8-11H2,1-4H3. The van der Waals surface area contributed by atoms with Crippen molar-refractivity contribution < 1.29 is 19.0 Å². The Hall–Kier alpha value is -3.69. The van der Waals surface area contributed by atoms with E-state index in [1.165, 1.54) is 24.5 Å². The van der Waals surface area contributed by atoms with Gasteiger partial charge in [-0.05, 0) is 45.9 Å². The number of phenols is 1. The number of para-hydroxylation sites is 1. The molecular weight excluding hydrogens is 429 g/mol. The summed E-state index contributed by atoms with van der Waals surface area (Å²) in [6.45, 7) is 9.02. The predicted octanol–water partition coefficient (Wildman–Crippen LogP) is 2.99. The lowest BCUT2D eigenvalue weighted by molar-refractivity contribution is 0.0240. The van der Waals surface area contributed by atoms with E-state index < -0.39 is 17.0 Å². The monoisotopic (exact) mass is 455 g/mol. The molecule has 0 atom stereocenters. The molecule has 1 fully saturated rings. The van der Waals surface area contributed by atoms with Crippen LogP contribution in [0.25, 0.3) is 16.6 Å². The van der Waals surface area contributed by atoms with E-state index in [9.17, 15) is 19.1 Å². The number of hydrogen-bond acceptors (Lipinski definition) is 7. The fourth-order valence-electron chi connectivity index (χ4n) is 3.91. The van der Waals surface area contributed by atoms with Crippen LogP contribution in [0.15, 0.2) is 35.4 Å². The molecule has 1 N–H and O–H groups in total. The zero-order valence-corrected chi connectivity index (χ0v) is 19.0. The molecule has 33 heavy (non-hydrogen) atoms. The van der Waals surface area contributed by atoms with E-state index in [-0.39, 0.29) is 23.0 Å². The van der Waals surface area contributed by atoms with Crippen molar-refractivity contribution in [2.75, 3.05) is 31.1 Å². The minimum atomic E-state index is -0.716. The molecule has 1 saturated heterocycles. The third-order valence-electron chi connectivity index (χ3n) is 5.39. The number of aromatic hydroxyl groups is 1. The van der Waals surface area contributed by atoms with Gasteiger partial charge in [-0.1, -0.05) is 6.07 Å². The second-order valence-corrected chi connectivity index (χ2v) is 8.95. The molecule has 3 aromatic rings. The number of carbonyl (C=O) groups excluding carboxylic acids is 1. The first kappa shape index (κ1) is 22.5. The molecule has 0 radical (unpaired) electrons. The van der Waals surface area contributed by atoms with Crippen LogP contribution in [0.1, 0.15) is 26.5 Å². The fraction of sp³-hybridized carbons (Fsp3) is 0.391. The van der Waals surface area contributed by atoms with Gasteiger partial charge in [0.15, 0.2) is 5.82 Å². The number of aromatic nitrogens is 3. The number of ether oxygens (including phenoxy) is 1. The highest BCUT2D eigenvalue weighted by Crippen LogP contribution is 2.28. The topological polar surface area (TPSA) is 101 Å². The van der Waals surface area contributed by atoms with E-state index in [2.05, 4.69) is 9.97 Å². The molecule has 10 heteroatoms. The normalized spacial score (nSPS) is 14.6. The minimum absolute atomic E-state index is 0.114. The summed E-state index contributed by atoms with van der Waals surface area (Å²) >= 11 is 0. The maximum absolute atomic E-state index is 14.5. The summed E-state index contributed by atoms with van der Waals surface area (Å²) in [6.07, 6.45) is 0.929. The van der Waals surface area contributed by atoms with Crippen molar-refractivity contribution in [3.8, 4) is 11.4 Å². The van der Waals surface area contributed by atoms with Crippen molar-refractivity contribution in [3.63, 3.8) is 0 Å². The Morgan fingerprint density at radius 3 is 2.48 bits per heavy atom. The average Bonchev–Trinajstić information content (AvgIpc) is 2.74. The number of aryl methyl sites for hydroxylation is 1. The first-order valence-electron chi connectivity index (χ1n) is 10.6. The van der Waals surface area contributed by atoms with Gasteiger partial charge in [-0.15, -0.1) is 0 Å². The fourth-order valence-corrected chi connectivity index (χ4v) is 3.91. The molecule has 1 amide bonds. The van der Waals surface area contributed by atoms with E-state index >= 15 is 0 Å². The number of fused-ring (bicyclic) bond motifs is 1. The number of pyridine rings is 1. The van der Waals surface area contributed by atoms with Gasteiger partial charge >= 0.3 is 6.09 Å². The Morgan fingerprint density at radius 1 is 1.15 bits per heavy atom. The Bertz CT molecular complexity index is 1260. The van der Waals surface area contributed by atoms with Crippen LogP contribution >= 0.6 is 0 Å². The number of piperazine rings is 1. The SMILES string of the molecule is Cc1cc2c(N3CCN(C(=O)OC(C)(C)C)CC3)ncnc2c(=O)n1-c1c(O)cccc1F. The summed E-state index contributed by atoms with van der Waals surface area (Å²) < 4.78 is 21.0. The number of benzene rings is 1. The largest absolute Gasteiger partial charge is 0.506 e. The molecule has 0 bridgehead atoms. The Morgan fingerprint density at radius 2 is 1.85 bits per heavy atom. The highest BCUT2D eigenvalue weighted by molar-refractivity contribution is 5.89. The quantitative estimate of drug-likeness (QED) is 0.634. The van der Waals surface area contributed by atoms with Crippen molar-refractivity contribution >= 4 is 22.8 Å². The lowest BCUT2D eigenvalue weighted by Gasteiger charge is -2.36. The number of rotatable bonds is 2. The lowest BCUT2D eigenvalue weighted by Crippen LogP contribution is -2.50. The first-order valence-corrected chi connectivity index (χ1v) is 10.6. The van der Waals surface area contributed by atoms with Crippen molar-refractivity contribution in [1.29, 1.82) is 0 Å². The Balaban J connectivity index is 1.68. The van der Waals surface area contributed by atoms with Gasteiger partial charge in [0.25, 0.3) is 5.56 Å².